The molecule has 4 N–H and O–H groups in total. The van der Waals surface area contributed by atoms with Crippen molar-refractivity contribution in [3.63, 3.8) is 0 Å². The summed E-state index contributed by atoms with van der Waals surface area (Å²) in [6, 6.07) is 9.54. The Morgan fingerprint density at radius 2 is 2.11 bits per heavy atom. The Bertz CT molecular complexity index is 424. The van der Waals surface area contributed by atoms with E-state index in [0.717, 1.165) is 18.0 Å². The maximum Gasteiger partial charge on any atom is 0.188 e. The molecule has 1 aromatic rings. The second-order valence-corrected chi connectivity index (χ2v) is 5.52. The molecule has 4 nitrogen and oxygen atoms in total. The molecule has 0 bridgehead atoms. The lowest BCUT2D eigenvalue weighted by molar-refractivity contribution is 0.0673. The van der Waals surface area contributed by atoms with Gasteiger partial charge in [0.1, 0.15) is 5.60 Å². The first-order valence-electron chi connectivity index (χ1n) is 6.89. The molecule has 1 aromatic carbocycles. The third-order valence-corrected chi connectivity index (χ3v) is 3.75. The lowest BCUT2D eigenvalue weighted by Gasteiger charge is -2.26. The molecule has 1 unspecified atom stereocenters. The molecule has 0 radical (unpaired) electrons. The quantitative estimate of drug-likeness (QED) is 0.557. The molecule has 0 aliphatic heterocycles. The first-order chi connectivity index (χ1) is 9.08. The Morgan fingerprint density at radius 1 is 1.42 bits per heavy atom. The molecule has 0 saturated heterocycles. The van der Waals surface area contributed by atoms with E-state index in [9.17, 15) is 5.11 Å². The van der Waals surface area contributed by atoms with Crippen LogP contribution in [0.25, 0.3) is 0 Å². The van der Waals surface area contributed by atoms with Crippen LogP contribution in [0.3, 0.4) is 0 Å². The average Bonchev–Trinajstić information content (AvgIpc) is 2.36. The summed E-state index contributed by atoms with van der Waals surface area (Å²) in [5, 5.41) is 13.5. The van der Waals surface area contributed by atoms with E-state index in [4.69, 9.17) is 5.73 Å². The van der Waals surface area contributed by atoms with Crippen molar-refractivity contribution in [3.8, 4) is 0 Å². The SMILES string of the molecule is CC(O)(CN=C(N)NCC1CCC1)c1ccccc1. The average molecular weight is 261 g/mol. The maximum absolute atomic E-state index is 10.4. The van der Waals surface area contributed by atoms with Crippen LogP contribution in [-0.2, 0) is 5.60 Å². The van der Waals surface area contributed by atoms with Gasteiger partial charge in [-0.3, -0.25) is 4.99 Å². The van der Waals surface area contributed by atoms with Crippen molar-refractivity contribution in [1.29, 1.82) is 0 Å². The molecular formula is C15H23N3O. The van der Waals surface area contributed by atoms with Crippen molar-refractivity contribution in [2.45, 2.75) is 31.8 Å². The number of benzene rings is 1. The molecule has 104 valence electrons. The monoisotopic (exact) mass is 261 g/mol. The van der Waals surface area contributed by atoms with Crippen LogP contribution in [0.2, 0.25) is 0 Å². The topological polar surface area (TPSA) is 70.6 Å². The van der Waals surface area contributed by atoms with Gasteiger partial charge in [-0.05, 0) is 31.2 Å². The molecule has 4 heteroatoms. The third-order valence-electron chi connectivity index (χ3n) is 3.75. The predicted octanol–water partition coefficient (Wildman–Crippen LogP) is 1.60. The number of nitrogens with zero attached hydrogens (tertiary/aromatic N) is 1. The van der Waals surface area contributed by atoms with Crippen LogP contribution >= 0.6 is 0 Å². The second-order valence-electron chi connectivity index (χ2n) is 5.52. The van der Waals surface area contributed by atoms with E-state index < -0.39 is 5.60 Å². The van der Waals surface area contributed by atoms with Crippen molar-refractivity contribution >= 4 is 5.96 Å². The summed E-state index contributed by atoms with van der Waals surface area (Å²) in [6.07, 6.45) is 3.89. The maximum atomic E-state index is 10.4. The normalized spacial score (nSPS) is 19.6. The Balaban J connectivity index is 1.85. The summed E-state index contributed by atoms with van der Waals surface area (Å²) in [5.74, 6) is 1.16. The van der Waals surface area contributed by atoms with E-state index in [2.05, 4.69) is 10.3 Å². The molecule has 1 aliphatic rings. The van der Waals surface area contributed by atoms with Crippen molar-refractivity contribution in [1.82, 2.24) is 5.32 Å². The van der Waals surface area contributed by atoms with Crippen LogP contribution in [-0.4, -0.2) is 24.2 Å². The standard InChI is InChI=1S/C15H23N3O/c1-15(19,13-8-3-2-4-9-13)11-18-14(16)17-10-12-6-5-7-12/h2-4,8-9,12,19H,5-7,10-11H2,1H3,(H3,16,17,18). The van der Waals surface area contributed by atoms with Gasteiger partial charge in [0.25, 0.3) is 0 Å². The van der Waals surface area contributed by atoms with E-state index >= 15 is 0 Å². The molecule has 2 rings (SSSR count). The Hall–Kier alpha value is -1.55. The Kier molecular flexibility index (Phi) is 4.43. The summed E-state index contributed by atoms with van der Waals surface area (Å²) in [4.78, 5) is 4.24. The van der Waals surface area contributed by atoms with Crippen molar-refractivity contribution in [3.05, 3.63) is 35.9 Å². The minimum absolute atomic E-state index is 0.264. The second kappa shape index (κ2) is 6.06. The minimum Gasteiger partial charge on any atom is -0.384 e. The van der Waals surface area contributed by atoms with E-state index in [1.165, 1.54) is 19.3 Å². The summed E-state index contributed by atoms with van der Waals surface area (Å²) >= 11 is 0. The van der Waals surface area contributed by atoms with Gasteiger partial charge >= 0.3 is 0 Å². The number of rotatable bonds is 5. The zero-order valence-electron chi connectivity index (χ0n) is 11.5. The third kappa shape index (κ3) is 3.96. The first-order valence-corrected chi connectivity index (χ1v) is 6.89. The molecule has 1 aliphatic carbocycles. The highest BCUT2D eigenvalue weighted by Crippen LogP contribution is 2.25. The molecule has 19 heavy (non-hydrogen) atoms. The fourth-order valence-electron chi connectivity index (χ4n) is 2.13. The van der Waals surface area contributed by atoms with Gasteiger partial charge in [-0.25, -0.2) is 0 Å². The largest absolute Gasteiger partial charge is 0.384 e. The highest BCUT2D eigenvalue weighted by atomic mass is 16.3. The number of hydrogen-bond donors (Lipinski definition) is 3. The van der Waals surface area contributed by atoms with Crippen LogP contribution in [0.1, 0.15) is 31.7 Å². The molecule has 0 spiro atoms. The van der Waals surface area contributed by atoms with Gasteiger partial charge < -0.3 is 16.2 Å². The number of nitrogens with one attached hydrogen (secondary N) is 1. The van der Waals surface area contributed by atoms with Crippen molar-refractivity contribution in [2.75, 3.05) is 13.1 Å². The van der Waals surface area contributed by atoms with Crippen molar-refractivity contribution in [2.24, 2.45) is 16.6 Å². The molecular weight excluding hydrogens is 238 g/mol. The highest BCUT2D eigenvalue weighted by molar-refractivity contribution is 5.77. The fourth-order valence-corrected chi connectivity index (χ4v) is 2.13. The van der Waals surface area contributed by atoms with Crippen LogP contribution < -0.4 is 11.1 Å². The fraction of sp³-hybridized carbons (Fsp3) is 0.533. The highest BCUT2D eigenvalue weighted by Gasteiger charge is 2.22. The summed E-state index contributed by atoms with van der Waals surface area (Å²) < 4.78 is 0. The smallest absolute Gasteiger partial charge is 0.188 e. The van der Waals surface area contributed by atoms with E-state index in [1.807, 2.05) is 30.3 Å². The molecule has 0 heterocycles. The molecule has 0 aromatic heterocycles. The van der Waals surface area contributed by atoms with Gasteiger partial charge in [-0.15, -0.1) is 0 Å². The van der Waals surface area contributed by atoms with Gasteiger partial charge in [0.15, 0.2) is 5.96 Å². The summed E-state index contributed by atoms with van der Waals surface area (Å²) in [7, 11) is 0. The number of nitrogens with two attached hydrogens (primary N) is 1. The minimum atomic E-state index is -0.982. The van der Waals surface area contributed by atoms with Crippen molar-refractivity contribution < 1.29 is 5.11 Å². The number of guanidine groups is 1. The number of aliphatic imine (C=N–C) groups is 1. The lowest BCUT2D eigenvalue weighted by atomic mass is 9.85. The molecule has 1 fully saturated rings. The van der Waals surface area contributed by atoms with Crippen LogP contribution in [0.5, 0.6) is 0 Å². The van der Waals surface area contributed by atoms with Crippen LogP contribution in [0, 0.1) is 5.92 Å². The molecule has 0 amide bonds. The zero-order valence-corrected chi connectivity index (χ0v) is 11.5. The van der Waals surface area contributed by atoms with Gasteiger partial charge in [0.2, 0.25) is 0 Å². The van der Waals surface area contributed by atoms with Gasteiger partial charge in [0, 0.05) is 6.54 Å². The van der Waals surface area contributed by atoms with Gasteiger partial charge in [-0.2, -0.15) is 0 Å². The Labute approximate surface area is 114 Å². The predicted molar refractivity (Wildman–Crippen MR) is 77.8 cm³/mol. The van der Waals surface area contributed by atoms with E-state index in [1.54, 1.807) is 6.92 Å². The van der Waals surface area contributed by atoms with E-state index in [-0.39, 0.29) is 6.54 Å². The number of hydrogen-bond acceptors (Lipinski definition) is 2. The molecule has 1 atom stereocenters. The zero-order chi connectivity index (χ0) is 13.7. The van der Waals surface area contributed by atoms with E-state index in [0.29, 0.717) is 5.96 Å². The Morgan fingerprint density at radius 3 is 2.68 bits per heavy atom. The summed E-state index contributed by atoms with van der Waals surface area (Å²) in [5.41, 5.74) is 5.68. The van der Waals surface area contributed by atoms with Crippen LogP contribution in [0.4, 0.5) is 0 Å². The molecule has 1 saturated carbocycles. The van der Waals surface area contributed by atoms with Gasteiger partial charge in [0.05, 0.1) is 6.54 Å². The number of aliphatic hydroxyl groups is 1. The van der Waals surface area contributed by atoms with Crippen LogP contribution in [0.15, 0.2) is 35.3 Å². The summed E-state index contributed by atoms with van der Waals surface area (Å²) in [6.45, 7) is 2.91. The lowest BCUT2D eigenvalue weighted by Crippen LogP contribution is -2.38. The van der Waals surface area contributed by atoms with Gasteiger partial charge in [-0.1, -0.05) is 36.8 Å². The first kappa shape index (κ1) is 13.9.